The Morgan fingerprint density at radius 2 is 1.50 bits per heavy atom. The van der Waals surface area contributed by atoms with E-state index in [0.717, 1.165) is 16.8 Å². The van der Waals surface area contributed by atoms with E-state index in [9.17, 15) is 14.0 Å². The SMILES string of the molecule is Cc1ccc(NC2=C(c3ccccc3)C(=O)N(CCc3ccc(F)cc3)C2=O)cc1. The van der Waals surface area contributed by atoms with Gasteiger partial charge in [0, 0.05) is 12.2 Å². The van der Waals surface area contributed by atoms with Gasteiger partial charge in [-0.2, -0.15) is 0 Å². The Bertz CT molecular complexity index is 1100. The summed E-state index contributed by atoms with van der Waals surface area (Å²) in [5.41, 5.74) is 4.03. The van der Waals surface area contributed by atoms with Gasteiger partial charge in [-0.3, -0.25) is 14.5 Å². The molecule has 0 aliphatic carbocycles. The van der Waals surface area contributed by atoms with Crippen LogP contribution < -0.4 is 5.32 Å². The van der Waals surface area contributed by atoms with Crippen LogP contribution in [0.4, 0.5) is 10.1 Å². The molecular formula is C25H21FN2O2. The van der Waals surface area contributed by atoms with Crippen LogP contribution in [-0.4, -0.2) is 23.3 Å². The number of carbonyl (C=O) groups excluding carboxylic acids is 2. The van der Waals surface area contributed by atoms with Crippen LogP contribution >= 0.6 is 0 Å². The van der Waals surface area contributed by atoms with E-state index in [1.165, 1.54) is 17.0 Å². The van der Waals surface area contributed by atoms with Crippen molar-refractivity contribution in [1.29, 1.82) is 0 Å². The highest BCUT2D eigenvalue weighted by Crippen LogP contribution is 2.30. The molecule has 1 N–H and O–H groups in total. The predicted octanol–water partition coefficient (Wildman–Crippen LogP) is 4.57. The van der Waals surface area contributed by atoms with Gasteiger partial charge in [0.05, 0.1) is 5.57 Å². The quantitative estimate of drug-likeness (QED) is 0.617. The zero-order valence-electron chi connectivity index (χ0n) is 16.6. The molecule has 1 aliphatic heterocycles. The first-order valence-corrected chi connectivity index (χ1v) is 9.77. The third kappa shape index (κ3) is 4.01. The number of rotatable bonds is 6. The summed E-state index contributed by atoms with van der Waals surface area (Å²) in [6.07, 6.45) is 0.456. The Kier molecular flexibility index (Phi) is 5.44. The second kappa shape index (κ2) is 8.33. The molecule has 0 saturated carbocycles. The van der Waals surface area contributed by atoms with Gasteiger partial charge in [0.25, 0.3) is 11.8 Å². The standard InChI is InChI=1S/C25H21FN2O2/c1-17-7-13-21(14-8-17)27-23-22(19-5-3-2-4-6-19)24(29)28(25(23)30)16-15-18-9-11-20(26)12-10-18/h2-14,27H,15-16H2,1H3. The molecule has 0 aromatic heterocycles. The molecule has 0 atom stereocenters. The fourth-order valence-electron chi connectivity index (χ4n) is 3.44. The molecule has 150 valence electrons. The van der Waals surface area contributed by atoms with E-state index >= 15 is 0 Å². The molecule has 0 bridgehead atoms. The number of nitrogens with zero attached hydrogens (tertiary/aromatic N) is 1. The van der Waals surface area contributed by atoms with E-state index in [4.69, 9.17) is 0 Å². The number of carbonyl (C=O) groups is 2. The summed E-state index contributed by atoms with van der Waals surface area (Å²) >= 11 is 0. The smallest absolute Gasteiger partial charge is 0.278 e. The highest BCUT2D eigenvalue weighted by molar-refractivity contribution is 6.36. The Hall–Kier alpha value is -3.73. The molecule has 0 spiro atoms. The first-order chi connectivity index (χ1) is 14.5. The fraction of sp³-hybridized carbons (Fsp3) is 0.120. The van der Waals surface area contributed by atoms with Gasteiger partial charge in [0.1, 0.15) is 11.5 Å². The molecule has 0 radical (unpaired) electrons. The minimum atomic E-state index is -0.360. The largest absolute Gasteiger partial charge is 0.350 e. The van der Waals surface area contributed by atoms with Crippen molar-refractivity contribution in [2.24, 2.45) is 0 Å². The number of aryl methyl sites for hydroxylation is 1. The molecule has 5 heteroatoms. The molecule has 4 nitrogen and oxygen atoms in total. The van der Waals surface area contributed by atoms with Gasteiger partial charge in [-0.05, 0) is 48.7 Å². The maximum atomic E-state index is 13.2. The van der Waals surface area contributed by atoms with Crippen molar-refractivity contribution >= 4 is 23.1 Å². The van der Waals surface area contributed by atoms with Gasteiger partial charge in [0.2, 0.25) is 0 Å². The highest BCUT2D eigenvalue weighted by Gasteiger charge is 2.38. The third-order valence-corrected chi connectivity index (χ3v) is 5.09. The Labute approximate surface area is 174 Å². The normalized spacial score (nSPS) is 13.9. The number of halogens is 1. The van der Waals surface area contributed by atoms with E-state index in [-0.39, 0.29) is 29.9 Å². The van der Waals surface area contributed by atoms with Gasteiger partial charge >= 0.3 is 0 Å². The zero-order chi connectivity index (χ0) is 21.1. The summed E-state index contributed by atoms with van der Waals surface area (Å²) in [6, 6.07) is 22.9. The Morgan fingerprint density at radius 3 is 2.17 bits per heavy atom. The van der Waals surface area contributed by atoms with E-state index in [1.54, 1.807) is 12.1 Å². The van der Waals surface area contributed by atoms with Gasteiger partial charge in [0.15, 0.2) is 0 Å². The van der Waals surface area contributed by atoms with E-state index in [1.807, 2.05) is 61.5 Å². The summed E-state index contributed by atoms with van der Waals surface area (Å²) in [5.74, 6) is -1.01. The van der Waals surface area contributed by atoms with E-state index in [2.05, 4.69) is 5.32 Å². The summed E-state index contributed by atoms with van der Waals surface area (Å²) in [6.45, 7) is 2.21. The van der Waals surface area contributed by atoms with Crippen LogP contribution in [0.1, 0.15) is 16.7 Å². The van der Waals surface area contributed by atoms with Crippen LogP contribution in [0.25, 0.3) is 5.57 Å². The van der Waals surface area contributed by atoms with Crippen LogP contribution in [0.2, 0.25) is 0 Å². The topological polar surface area (TPSA) is 49.4 Å². The molecule has 0 saturated heterocycles. The Balaban J connectivity index is 1.63. The lowest BCUT2D eigenvalue weighted by atomic mass is 10.0. The molecule has 1 aliphatic rings. The average Bonchev–Trinajstić information content (AvgIpc) is 2.99. The monoisotopic (exact) mass is 400 g/mol. The molecular weight excluding hydrogens is 379 g/mol. The summed E-state index contributed by atoms with van der Waals surface area (Å²) < 4.78 is 13.1. The minimum Gasteiger partial charge on any atom is -0.350 e. The first kappa shape index (κ1) is 19.6. The van der Waals surface area contributed by atoms with Gasteiger partial charge in [-0.15, -0.1) is 0 Å². The third-order valence-electron chi connectivity index (χ3n) is 5.09. The highest BCUT2D eigenvalue weighted by atomic mass is 19.1. The molecule has 0 fully saturated rings. The fourth-order valence-corrected chi connectivity index (χ4v) is 3.44. The summed E-state index contributed by atoms with van der Waals surface area (Å²) in [4.78, 5) is 27.6. The number of benzene rings is 3. The number of amides is 2. The van der Waals surface area contributed by atoms with Crippen LogP contribution in [0.15, 0.2) is 84.6 Å². The maximum Gasteiger partial charge on any atom is 0.278 e. The molecule has 0 unspecified atom stereocenters. The van der Waals surface area contributed by atoms with Gasteiger partial charge < -0.3 is 5.32 Å². The van der Waals surface area contributed by atoms with Gasteiger partial charge in [-0.1, -0.05) is 60.2 Å². The number of anilines is 1. The van der Waals surface area contributed by atoms with Crippen molar-refractivity contribution in [3.8, 4) is 0 Å². The Morgan fingerprint density at radius 1 is 0.833 bits per heavy atom. The van der Waals surface area contributed by atoms with Crippen molar-refractivity contribution in [3.63, 3.8) is 0 Å². The van der Waals surface area contributed by atoms with Crippen LogP contribution in [0.5, 0.6) is 0 Å². The lowest BCUT2D eigenvalue weighted by Gasteiger charge is -2.15. The minimum absolute atomic E-state index is 0.221. The molecule has 3 aromatic rings. The van der Waals surface area contributed by atoms with Crippen LogP contribution in [0.3, 0.4) is 0 Å². The zero-order valence-corrected chi connectivity index (χ0v) is 16.6. The van der Waals surface area contributed by atoms with Crippen molar-refractivity contribution in [2.45, 2.75) is 13.3 Å². The lowest BCUT2D eigenvalue weighted by Crippen LogP contribution is -2.34. The predicted molar refractivity (Wildman–Crippen MR) is 115 cm³/mol. The summed E-state index contributed by atoms with van der Waals surface area (Å²) in [7, 11) is 0. The van der Waals surface area contributed by atoms with Crippen LogP contribution in [0, 0.1) is 12.7 Å². The molecule has 4 rings (SSSR count). The van der Waals surface area contributed by atoms with Crippen molar-refractivity contribution < 1.29 is 14.0 Å². The van der Waals surface area contributed by atoms with Crippen LogP contribution in [-0.2, 0) is 16.0 Å². The van der Waals surface area contributed by atoms with E-state index < -0.39 is 0 Å². The van der Waals surface area contributed by atoms with Gasteiger partial charge in [-0.25, -0.2) is 4.39 Å². The van der Waals surface area contributed by atoms with E-state index in [0.29, 0.717) is 17.6 Å². The molecule has 3 aromatic carbocycles. The second-order valence-corrected chi connectivity index (χ2v) is 7.25. The van der Waals surface area contributed by atoms with Crippen molar-refractivity contribution in [1.82, 2.24) is 4.90 Å². The van der Waals surface area contributed by atoms with Crippen molar-refractivity contribution in [2.75, 3.05) is 11.9 Å². The van der Waals surface area contributed by atoms with Crippen molar-refractivity contribution in [3.05, 3.63) is 107 Å². The second-order valence-electron chi connectivity index (χ2n) is 7.25. The lowest BCUT2D eigenvalue weighted by molar-refractivity contribution is -0.136. The number of hydrogen-bond acceptors (Lipinski definition) is 3. The maximum absolute atomic E-state index is 13.2. The average molecular weight is 400 g/mol. The molecule has 1 heterocycles. The number of imide groups is 1. The first-order valence-electron chi connectivity index (χ1n) is 9.77. The molecule has 30 heavy (non-hydrogen) atoms. The number of hydrogen-bond donors (Lipinski definition) is 1. The number of nitrogens with one attached hydrogen (secondary N) is 1. The summed E-state index contributed by atoms with van der Waals surface area (Å²) in [5, 5.41) is 3.15. The molecule has 2 amide bonds.